The quantitative estimate of drug-likeness (QED) is 0.353. The summed E-state index contributed by atoms with van der Waals surface area (Å²) in [6, 6.07) is 6.12. The fourth-order valence-corrected chi connectivity index (χ4v) is 3.54. The maximum Gasteiger partial charge on any atom is 0.191 e. The van der Waals surface area contributed by atoms with E-state index in [9.17, 15) is 4.39 Å². The van der Waals surface area contributed by atoms with E-state index >= 15 is 0 Å². The van der Waals surface area contributed by atoms with Crippen molar-refractivity contribution >= 4 is 29.9 Å². The minimum Gasteiger partial charge on any atom is -0.357 e. The van der Waals surface area contributed by atoms with Gasteiger partial charge < -0.3 is 15.2 Å². The van der Waals surface area contributed by atoms with Crippen LogP contribution in [-0.2, 0) is 6.54 Å². The maximum absolute atomic E-state index is 14.4. The molecular weight excluding hydrogens is 482 g/mol. The van der Waals surface area contributed by atoms with Gasteiger partial charge in [-0.1, -0.05) is 13.0 Å². The number of aromatic nitrogens is 2. The number of benzene rings is 1. The van der Waals surface area contributed by atoms with E-state index in [-0.39, 0.29) is 29.8 Å². The SMILES string of the molecule is CCNC(=NCc1ccc(-n2ccnc2)c(F)c1)NC1CN(C(C)C)CC1C.I. The molecule has 2 aromatic rings. The first-order valence-corrected chi connectivity index (χ1v) is 10.0. The first-order valence-electron chi connectivity index (χ1n) is 10.0. The Morgan fingerprint density at radius 2 is 2.14 bits per heavy atom. The van der Waals surface area contributed by atoms with Gasteiger partial charge in [0.05, 0.1) is 18.6 Å². The van der Waals surface area contributed by atoms with E-state index in [1.807, 2.05) is 6.07 Å². The summed E-state index contributed by atoms with van der Waals surface area (Å²) in [6.45, 7) is 12.1. The molecule has 3 rings (SSSR count). The third kappa shape index (κ3) is 6.15. The van der Waals surface area contributed by atoms with Gasteiger partial charge in [0.1, 0.15) is 5.82 Å². The van der Waals surface area contributed by atoms with E-state index in [4.69, 9.17) is 0 Å². The number of aliphatic imine (C=N–C) groups is 1. The number of likely N-dealkylation sites (tertiary alicyclic amines) is 1. The lowest BCUT2D eigenvalue weighted by Gasteiger charge is -2.22. The van der Waals surface area contributed by atoms with Gasteiger partial charge in [-0.2, -0.15) is 0 Å². The largest absolute Gasteiger partial charge is 0.357 e. The second-order valence-electron chi connectivity index (χ2n) is 7.73. The molecular formula is C21H32FIN6. The van der Waals surface area contributed by atoms with Gasteiger partial charge in [-0.05, 0) is 44.4 Å². The molecule has 1 fully saturated rings. The van der Waals surface area contributed by atoms with Gasteiger partial charge >= 0.3 is 0 Å². The van der Waals surface area contributed by atoms with Crippen LogP contribution >= 0.6 is 24.0 Å². The van der Waals surface area contributed by atoms with Gasteiger partial charge in [0.25, 0.3) is 0 Å². The summed E-state index contributed by atoms with van der Waals surface area (Å²) < 4.78 is 16.1. The molecule has 6 nitrogen and oxygen atoms in total. The summed E-state index contributed by atoms with van der Waals surface area (Å²) in [5.41, 5.74) is 1.32. The van der Waals surface area contributed by atoms with Crippen molar-refractivity contribution in [3.05, 3.63) is 48.3 Å². The highest BCUT2D eigenvalue weighted by Gasteiger charge is 2.31. The molecule has 1 aromatic heterocycles. The standard InChI is InChI=1S/C21H31FN6.HI/c1-5-24-21(26-19-13-28(15(2)3)12-16(19)4)25-11-17-6-7-20(18(22)10-17)27-9-8-23-14-27;/h6-10,14-16,19H,5,11-13H2,1-4H3,(H2,24,25,26);1H. The van der Waals surface area contributed by atoms with Crippen LogP contribution in [0.15, 0.2) is 41.9 Å². The van der Waals surface area contributed by atoms with Crippen LogP contribution in [0.25, 0.3) is 5.69 Å². The molecule has 0 aliphatic carbocycles. The zero-order valence-corrected chi connectivity index (χ0v) is 19.9. The number of hydrogen-bond donors (Lipinski definition) is 2. The highest BCUT2D eigenvalue weighted by molar-refractivity contribution is 14.0. The van der Waals surface area contributed by atoms with Crippen LogP contribution in [0, 0.1) is 11.7 Å². The van der Waals surface area contributed by atoms with Crippen LogP contribution in [0.1, 0.15) is 33.3 Å². The lowest BCUT2D eigenvalue weighted by atomic mass is 10.1. The van der Waals surface area contributed by atoms with E-state index in [1.54, 1.807) is 35.4 Å². The molecule has 1 saturated heterocycles. The lowest BCUT2D eigenvalue weighted by Crippen LogP contribution is -2.46. The first-order chi connectivity index (χ1) is 13.5. The topological polar surface area (TPSA) is 57.5 Å². The molecule has 0 radical (unpaired) electrons. The van der Waals surface area contributed by atoms with Crippen LogP contribution in [0.5, 0.6) is 0 Å². The van der Waals surface area contributed by atoms with Gasteiger partial charge in [-0.15, -0.1) is 24.0 Å². The number of guanidine groups is 1. The van der Waals surface area contributed by atoms with E-state index in [2.05, 4.69) is 53.2 Å². The monoisotopic (exact) mass is 514 g/mol. The van der Waals surface area contributed by atoms with Crippen molar-refractivity contribution in [1.29, 1.82) is 0 Å². The van der Waals surface area contributed by atoms with Crippen molar-refractivity contribution in [2.45, 2.75) is 46.3 Å². The van der Waals surface area contributed by atoms with Gasteiger partial charge in [-0.25, -0.2) is 14.4 Å². The van der Waals surface area contributed by atoms with Gasteiger partial charge in [-0.3, -0.25) is 4.90 Å². The van der Waals surface area contributed by atoms with Crippen LogP contribution in [0.4, 0.5) is 4.39 Å². The van der Waals surface area contributed by atoms with E-state index in [0.717, 1.165) is 31.2 Å². The molecule has 0 bridgehead atoms. The Labute approximate surface area is 190 Å². The summed E-state index contributed by atoms with van der Waals surface area (Å²) in [5, 5.41) is 6.87. The Balaban J connectivity index is 0.00000300. The van der Waals surface area contributed by atoms with Crippen molar-refractivity contribution in [3.8, 4) is 5.69 Å². The van der Waals surface area contributed by atoms with Crippen molar-refractivity contribution in [2.24, 2.45) is 10.9 Å². The molecule has 29 heavy (non-hydrogen) atoms. The molecule has 2 N–H and O–H groups in total. The molecule has 1 aliphatic heterocycles. The van der Waals surface area contributed by atoms with Crippen molar-refractivity contribution < 1.29 is 4.39 Å². The molecule has 0 amide bonds. The highest BCUT2D eigenvalue weighted by Crippen LogP contribution is 2.19. The molecule has 1 aliphatic rings. The Morgan fingerprint density at radius 1 is 1.34 bits per heavy atom. The van der Waals surface area contributed by atoms with Crippen LogP contribution in [-0.4, -0.2) is 52.1 Å². The zero-order chi connectivity index (χ0) is 20.1. The molecule has 160 valence electrons. The summed E-state index contributed by atoms with van der Waals surface area (Å²) in [7, 11) is 0. The molecule has 2 heterocycles. The Bertz CT molecular complexity index is 792. The normalized spacial score (nSPS) is 20.0. The number of nitrogens with zero attached hydrogens (tertiary/aromatic N) is 4. The Kier molecular flexibility index (Phi) is 8.88. The lowest BCUT2D eigenvalue weighted by molar-refractivity contribution is 0.265. The van der Waals surface area contributed by atoms with Crippen molar-refractivity contribution in [1.82, 2.24) is 25.1 Å². The van der Waals surface area contributed by atoms with Crippen LogP contribution in [0.3, 0.4) is 0 Å². The average Bonchev–Trinajstić information content (AvgIpc) is 3.30. The zero-order valence-electron chi connectivity index (χ0n) is 17.6. The van der Waals surface area contributed by atoms with Gasteiger partial charge in [0.15, 0.2) is 5.96 Å². The van der Waals surface area contributed by atoms with Crippen molar-refractivity contribution in [3.63, 3.8) is 0 Å². The maximum atomic E-state index is 14.4. The predicted molar refractivity (Wildman–Crippen MR) is 127 cm³/mol. The van der Waals surface area contributed by atoms with E-state index < -0.39 is 0 Å². The molecule has 0 spiro atoms. The first kappa shape index (κ1) is 23.6. The molecule has 0 saturated carbocycles. The minimum atomic E-state index is -0.277. The second-order valence-corrected chi connectivity index (χ2v) is 7.73. The van der Waals surface area contributed by atoms with E-state index in [0.29, 0.717) is 30.2 Å². The van der Waals surface area contributed by atoms with Gasteiger partial charge in [0, 0.05) is 44.1 Å². The number of imidazole rings is 1. The minimum absolute atomic E-state index is 0. The molecule has 2 unspecified atom stereocenters. The average molecular weight is 514 g/mol. The van der Waals surface area contributed by atoms with Gasteiger partial charge in [0.2, 0.25) is 0 Å². The summed E-state index contributed by atoms with van der Waals surface area (Å²) in [6.07, 6.45) is 4.95. The fraction of sp³-hybridized carbons (Fsp3) is 0.524. The molecule has 8 heteroatoms. The molecule has 2 atom stereocenters. The van der Waals surface area contributed by atoms with Crippen molar-refractivity contribution in [2.75, 3.05) is 19.6 Å². The predicted octanol–water partition coefficient (Wildman–Crippen LogP) is 3.41. The summed E-state index contributed by atoms with van der Waals surface area (Å²) in [4.78, 5) is 11.1. The third-order valence-corrected chi connectivity index (χ3v) is 5.25. The number of halogens is 2. The smallest absolute Gasteiger partial charge is 0.191 e. The number of rotatable bonds is 6. The van der Waals surface area contributed by atoms with Crippen LogP contribution in [0.2, 0.25) is 0 Å². The fourth-order valence-electron chi connectivity index (χ4n) is 3.54. The molecule has 1 aromatic carbocycles. The highest BCUT2D eigenvalue weighted by atomic mass is 127. The Morgan fingerprint density at radius 3 is 2.72 bits per heavy atom. The number of nitrogens with one attached hydrogen (secondary N) is 2. The summed E-state index contributed by atoms with van der Waals surface area (Å²) >= 11 is 0. The Hall–Kier alpha value is -1.68. The summed E-state index contributed by atoms with van der Waals surface area (Å²) in [5.74, 6) is 1.06. The van der Waals surface area contributed by atoms with E-state index in [1.165, 1.54) is 0 Å². The number of hydrogen-bond acceptors (Lipinski definition) is 3. The third-order valence-electron chi connectivity index (χ3n) is 5.25. The second kappa shape index (κ2) is 10.9. The van der Waals surface area contributed by atoms with Crippen LogP contribution < -0.4 is 10.6 Å².